The second-order valence-electron chi connectivity index (χ2n) is 5.23. The minimum atomic E-state index is -0.719. The highest BCUT2D eigenvalue weighted by molar-refractivity contribution is 5.92. The SMILES string of the molecule is COC(=O)c1cc(N)c(N2CC3(COC3)C2)cc1F. The van der Waals surface area contributed by atoms with Crippen LogP contribution in [-0.2, 0) is 9.47 Å². The lowest BCUT2D eigenvalue weighted by Gasteiger charge is -2.56. The van der Waals surface area contributed by atoms with E-state index in [9.17, 15) is 9.18 Å². The largest absolute Gasteiger partial charge is 0.465 e. The topological polar surface area (TPSA) is 64.8 Å². The van der Waals surface area contributed by atoms with Crippen LogP contribution in [0.2, 0.25) is 0 Å². The maximum absolute atomic E-state index is 13.9. The van der Waals surface area contributed by atoms with Crippen LogP contribution in [-0.4, -0.2) is 39.4 Å². The van der Waals surface area contributed by atoms with Gasteiger partial charge in [0.2, 0.25) is 0 Å². The van der Waals surface area contributed by atoms with E-state index in [1.54, 1.807) is 0 Å². The van der Waals surface area contributed by atoms with E-state index in [4.69, 9.17) is 10.5 Å². The highest BCUT2D eigenvalue weighted by Crippen LogP contribution is 2.42. The number of carbonyl (C=O) groups is 1. The first kappa shape index (κ1) is 12.2. The van der Waals surface area contributed by atoms with E-state index >= 15 is 0 Å². The molecule has 1 aromatic rings. The first-order valence-corrected chi connectivity index (χ1v) is 6.05. The Kier molecular flexibility index (Phi) is 2.63. The summed E-state index contributed by atoms with van der Waals surface area (Å²) >= 11 is 0. The van der Waals surface area contributed by atoms with Crippen molar-refractivity contribution in [2.45, 2.75) is 0 Å². The van der Waals surface area contributed by atoms with Crippen molar-refractivity contribution in [3.8, 4) is 0 Å². The highest BCUT2D eigenvalue weighted by Gasteiger charge is 2.49. The quantitative estimate of drug-likeness (QED) is 0.640. The van der Waals surface area contributed by atoms with Gasteiger partial charge in [-0.2, -0.15) is 0 Å². The Labute approximate surface area is 110 Å². The molecule has 1 aromatic carbocycles. The molecule has 5 nitrogen and oxygen atoms in total. The molecule has 1 spiro atoms. The molecular weight excluding hydrogens is 251 g/mol. The Hall–Kier alpha value is -1.82. The predicted molar refractivity (Wildman–Crippen MR) is 67.6 cm³/mol. The monoisotopic (exact) mass is 266 g/mol. The molecule has 6 heteroatoms. The summed E-state index contributed by atoms with van der Waals surface area (Å²) in [7, 11) is 1.21. The lowest BCUT2D eigenvalue weighted by molar-refractivity contribution is -0.127. The molecule has 0 amide bonds. The summed E-state index contributed by atoms with van der Waals surface area (Å²) < 4.78 is 23.6. The molecule has 0 atom stereocenters. The molecular formula is C13H15FN2O3. The maximum Gasteiger partial charge on any atom is 0.340 e. The average molecular weight is 266 g/mol. The number of hydrogen-bond donors (Lipinski definition) is 1. The van der Waals surface area contributed by atoms with Crippen molar-refractivity contribution >= 4 is 17.3 Å². The molecule has 102 valence electrons. The van der Waals surface area contributed by atoms with Gasteiger partial charge in [0.25, 0.3) is 0 Å². The van der Waals surface area contributed by atoms with Gasteiger partial charge in [0.1, 0.15) is 5.82 Å². The Bertz CT molecular complexity index is 535. The number of rotatable bonds is 2. The molecule has 2 N–H and O–H groups in total. The van der Waals surface area contributed by atoms with E-state index in [0.717, 1.165) is 26.3 Å². The van der Waals surface area contributed by atoms with E-state index in [-0.39, 0.29) is 11.0 Å². The third kappa shape index (κ3) is 1.83. The number of ether oxygens (including phenoxy) is 2. The molecule has 2 aliphatic heterocycles. The second kappa shape index (κ2) is 4.09. The van der Waals surface area contributed by atoms with Gasteiger partial charge in [-0.3, -0.25) is 0 Å². The molecule has 0 saturated carbocycles. The minimum absolute atomic E-state index is 0.133. The van der Waals surface area contributed by atoms with Gasteiger partial charge in [-0.15, -0.1) is 0 Å². The van der Waals surface area contributed by atoms with Crippen molar-refractivity contribution in [3.63, 3.8) is 0 Å². The van der Waals surface area contributed by atoms with E-state index in [1.807, 2.05) is 4.90 Å². The maximum atomic E-state index is 13.9. The summed E-state index contributed by atoms with van der Waals surface area (Å²) in [5, 5.41) is 0. The number of nitrogens with two attached hydrogens (primary N) is 1. The molecule has 19 heavy (non-hydrogen) atoms. The molecule has 0 radical (unpaired) electrons. The smallest absolute Gasteiger partial charge is 0.340 e. The van der Waals surface area contributed by atoms with Crippen LogP contribution in [0.1, 0.15) is 10.4 Å². The van der Waals surface area contributed by atoms with Gasteiger partial charge < -0.3 is 20.1 Å². The number of halogens is 1. The minimum Gasteiger partial charge on any atom is -0.465 e. The molecule has 2 saturated heterocycles. The number of esters is 1. The lowest BCUT2D eigenvalue weighted by atomic mass is 9.77. The number of nitrogens with zero attached hydrogens (tertiary/aromatic N) is 1. The van der Waals surface area contributed by atoms with E-state index < -0.39 is 11.8 Å². The zero-order valence-electron chi connectivity index (χ0n) is 10.6. The summed E-state index contributed by atoms with van der Waals surface area (Å²) in [6, 6.07) is 2.63. The van der Waals surface area contributed by atoms with Crippen LogP contribution in [0.25, 0.3) is 0 Å². The molecule has 2 fully saturated rings. The number of nitrogen functional groups attached to an aromatic ring is 1. The van der Waals surface area contributed by atoms with Gasteiger partial charge in [0.15, 0.2) is 0 Å². The fourth-order valence-electron chi connectivity index (χ4n) is 2.63. The first-order valence-electron chi connectivity index (χ1n) is 6.05. The van der Waals surface area contributed by atoms with Gasteiger partial charge in [-0.05, 0) is 6.07 Å². The Balaban J connectivity index is 1.83. The van der Waals surface area contributed by atoms with Crippen LogP contribution in [0.4, 0.5) is 15.8 Å². The molecule has 0 bridgehead atoms. The number of anilines is 2. The number of hydrogen-bond acceptors (Lipinski definition) is 5. The molecule has 0 unspecified atom stereocenters. The standard InChI is InChI=1S/C13H15FN2O3/c1-18-12(17)8-2-10(15)11(3-9(8)14)16-4-13(5-16)6-19-7-13/h2-3H,4-7,15H2,1H3. The summed E-state index contributed by atoms with van der Waals surface area (Å²) in [4.78, 5) is 13.4. The van der Waals surface area contributed by atoms with Crippen LogP contribution in [0.3, 0.4) is 0 Å². The number of methoxy groups -OCH3 is 1. The second-order valence-corrected chi connectivity index (χ2v) is 5.23. The summed E-state index contributed by atoms with van der Waals surface area (Å²) in [6.45, 7) is 3.14. The molecule has 2 aliphatic rings. The average Bonchev–Trinajstić information content (AvgIpc) is 2.28. The summed E-state index contributed by atoms with van der Waals surface area (Å²) in [5.41, 5.74) is 7.00. The number of carbonyl (C=O) groups excluding carboxylic acids is 1. The van der Waals surface area contributed by atoms with Crippen molar-refractivity contribution in [2.24, 2.45) is 5.41 Å². The zero-order chi connectivity index (χ0) is 13.6. The fourth-order valence-corrected chi connectivity index (χ4v) is 2.63. The first-order chi connectivity index (χ1) is 9.04. The number of benzene rings is 1. The Morgan fingerprint density at radius 2 is 2.16 bits per heavy atom. The van der Waals surface area contributed by atoms with Crippen molar-refractivity contribution in [1.82, 2.24) is 0 Å². The van der Waals surface area contributed by atoms with E-state index in [0.29, 0.717) is 11.4 Å². The van der Waals surface area contributed by atoms with Crippen molar-refractivity contribution < 1.29 is 18.7 Å². The van der Waals surface area contributed by atoms with Crippen LogP contribution >= 0.6 is 0 Å². The van der Waals surface area contributed by atoms with Gasteiger partial charge in [0.05, 0.1) is 42.7 Å². The third-order valence-electron chi connectivity index (χ3n) is 3.73. The van der Waals surface area contributed by atoms with Gasteiger partial charge >= 0.3 is 5.97 Å². The van der Waals surface area contributed by atoms with Crippen molar-refractivity contribution in [3.05, 3.63) is 23.5 Å². The van der Waals surface area contributed by atoms with Crippen LogP contribution in [0.5, 0.6) is 0 Å². The van der Waals surface area contributed by atoms with Crippen LogP contribution < -0.4 is 10.6 Å². The Morgan fingerprint density at radius 3 is 2.68 bits per heavy atom. The Morgan fingerprint density at radius 1 is 1.47 bits per heavy atom. The van der Waals surface area contributed by atoms with Crippen molar-refractivity contribution in [1.29, 1.82) is 0 Å². The highest BCUT2D eigenvalue weighted by atomic mass is 19.1. The van der Waals surface area contributed by atoms with E-state index in [2.05, 4.69) is 4.74 Å². The summed E-state index contributed by atoms with van der Waals surface area (Å²) in [6.07, 6.45) is 0. The van der Waals surface area contributed by atoms with Crippen LogP contribution in [0, 0.1) is 11.2 Å². The molecule has 3 rings (SSSR count). The lowest BCUT2D eigenvalue weighted by Crippen LogP contribution is -2.66. The van der Waals surface area contributed by atoms with E-state index in [1.165, 1.54) is 19.2 Å². The molecule has 0 aliphatic carbocycles. The van der Waals surface area contributed by atoms with Crippen LogP contribution in [0.15, 0.2) is 12.1 Å². The molecule has 2 heterocycles. The van der Waals surface area contributed by atoms with Gasteiger partial charge in [-0.25, -0.2) is 9.18 Å². The summed E-state index contributed by atoms with van der Waals surface area (Å²) in [5.74, 6) is -1.33. The van der Waals surface area contributed by atoms with Crippen molar-refractivity contribution in [2.75, 3.05) is 44.0 Å². The normalized spacial score (nSPS) is 19.8. The molecule has 0 aromatic heterocycles. The fraction of sp³-hybridized carbons (Fsp3) is 0.462. The van der Waals surface area contributed by atoms with Gasteiger partial charge in [-0.1, -0.05) is 0 Å². The van der Waals surface area contributed by atoms with Gasteiger partial charge in [0, 0.05) is 19.2 Å². The predicted octanol–water partition coefficient (Wildman–Crippen LogP) is 1.03. The zero-order valence-corrected chi connectivity index (χ0v) is 10.6. The third-order valence-corrected chi connectivity index (χ3v) is 3.73.